The van der Waals surface area contributed by atoms with Gasteiger partial charge in [-0.2, -0.15) is 18.3 Å². The molecule has 0 aliphatic heterocycles. The highest BCUT2D eigenvalue weighted by Crippen LogP contribution is 2.33. The normalized spacial score (nSPS) is 11.9. The average molecular weight is 418 g/mol. The zero-order valence-corrected chi connectivity index (χ0v) is 15.8. The smallest absolute Gasteiger partial charge is 0.416 e. The standard InChI is InChI=1S/C17H15ClF3N3O2S/c1-9(12-8-11(26-2)4-6-15(12)25)23-24-16(27)22-14-7-10(17(19,20)21)3-5-13(14)18/h3-8,25H,1-2H3,(H2,22,24,27)/b23-9+. The zero-order valence-electron chi connectivity index (χ0n) is 14.2. The monoisotopic (exact) mass is 417 g/mol. The third-order valence-electron chi connectivity index (χ3n) is 3.46. The SMILES string of the molecule is COc1ccc(O)c(/C(C)=N/NC(=S)Nc2cc(C(F)(F)F)ccc2Cl)c1. The van der Waals surface area contributed by atoms with Crippen LogP contribution in [0.3, 0.4) is 0 Å². The molecule has 0 radical (unpaired) electrons. The van der Waals surface area contributed by atoms with Gasteiger partial charge in [0.05, 0.1) is 29.1 Å². The van der Waals surface area contributed by atoms with Crippen molar-refractivity contribution in [1.82, 2.24) is 5.43 Å². The van der Waals surface area contributed by atoms with Gasteiger partial charge in [-0.25, -0.2) is 0 Å². The molecule has 144 valence electrons. The highest BCUT2D eigenvalue weighted by Gasteiger charge is 2.31. The van der Waals surface area contributed by atoms with Gasteiger partial charge in [0.25, 0.3) is 0 Å². The number of nitrogens with one attached hydrogen (secondary N) is 2. The molecule has 2 aromatic carbocycles. The van der Waals surface area contributed by atoms with Gasteiger partial charge in [-0.05, 0) is 55.5 Å². The Morgan fingerprint density at radius 1 is 1.22 bits per heavy atom. The Kier molecular flexibility index (Phi) is 6.50. The summed E-state index contributed by atoms with van der Waals surface area (Å²) < 4.78 is 43.5. The molecule has 2 aromatic rings. The van der Waals surface area contributed by atoms with Crippen molar-refractivity contribution in [3.8, 4) is 11.5 Å². The van der Waals surface area contributed by atoms with Gasteiger partial charge in [-0.15, -0.1) is 0 Å². The number of nitrogens with zero attached hydrogens (tertiary/aromatic N) is 1. The molecule has 27 heavy (non-hydrogen) atoms. The number of rotatable bonds is 4. The lowest BCUT2D eigenvalue weighted by atomic mass is 10.1. The van der Waals surface area contributed by atoms with E-state index >= 15 is 0 Å². The van der Waals surface area contributed by atoms with Crippen LogP contribution in [0.25, 0.3) is 0 Å². The van der Waals surface area contributed by atoms with E-state index < -0.39 is 11.7 Å². The molecule has 0 aromatic heterocycles. The van der Waals surface area contributed by atoms with Crippen LogP contribution in [-0.4, -0.2) is 23.0 Å². The number of phenols is 1. The van der Waals surface area contributed by atoms with Crippen LogP contribution < -0.4 is 15.5 Å². The number of hydrazone groups is 1. The molecule has 0 atom stereocenters. The van der Waals surface area contributed by atoms with Gasteiger partial charge in [0.2, 0.25) is 0 Å². The van der Waals surface area contributed by atoms with Crippen molar-refractivity contribution in [1.29, 1.82) is 0 Å². The van der Waals surface area contributed by atoms with E-state index in [1.807, 2.05) is 0 Å². The van der Waals surface area contributed by atoms with Crippen LogP contribution in [0.15, 0.2) is 41.5 Å². The third kappa shape index (κ3) is 5.48. The van der Waals surface area contributed by atoms with Crippen molar-refractivity contribution < 1.29 is 23.0 Å². The molecular weight excluding hydrogens is 403 g/mol. The van der Waals surface area contributed by atoms with Crippen molar-refractivity contribution in [2.45, 2.75) is 13.1 Å². The van der Waals surface area contributed by atoms with E-state index in [0.29, 0.717) is 17.0 Å². The van der Waals surface area contributed by atoms with Crippen LogP contribution in [-0.2, 0) is 6.18 Å². The van der Waals surface area contributed by atoms with Crippen LogP contribution in [0.2, 0.25) is 5.02 Å². The largest absolute Gasteiger partial charge is 0.507 e. The number of hydrogen-bond donors (Lipinski definition) is 3. The molecule has 2 rings (SSSR count). The minimum atomic E-state index is -4.51. The van der Waals surface area contributed by atoms with E-state index in [1.165, 1.54) is 13.2 Å². The average Bonchev–Trinajstić information content (AvgIpc) is 2.61. The van der Waals surface area contributed by atoms with E-state index in [0.717, 1.165) is 18.2 Å². The third-order valence-corrected chi connectivity index (χ3v) is 3.98. The summed E-state index contributed by atoms with van der Waals surface area (Å²) >= 11 is 10.9. The summed E-state index contributed by atoms with van der Waals surface area (Å²) in [7, 11) is 1.48. The van der Waals surface area contributed by atoms with Gasteiger partial charge >= 0.3 is 6.18 Å². The van der Waals surface area contributed by atoms with Gasteiger partial charge in [0.15, 0.2) is 5.11 Å². The first-order valence-corrected chi connectivity index (χ1v) is 8.26. The Morgan fingerprint density at radius 2 is 1.93 bits per heavy atom. The van der Waals surface area contributed by atoms with Crippen molar-refractivity contribution in [2.75, 3.05) is 12.4 Å². The number of benzene rings is 2. The van der Waals surface area contributed by atoms with E-state index in [-0.39, 0.29) is 21.6 Å². The number of ether oxygens (including phenoxy) is 1. The van der Waals surface area contributed by atoms with Crippen LogP contribution in [0.5, 0.6) is 11.5 Å². The van der Waals surface area contributed by atoms with Gasteiger partial charge in [0.1, 0.15) is 11.5 Å². The molecule has 0 spiro atoms. The van der Waals surface area contributed by atoms with Crippen LogP contribution in [0, 0.1) is 0 Å². The summed E-state index contributed by atoms with van der Waals surface area (Å²) in [5.41, 5.74) is 2.40. The fourth-order valence-electron chi connectivity index (χ4n) is 2.07. The molecule has 10 heteroatoms. The van der Waals surface area contributed by atoms with E-state index in [1.54, 1.807) is 19.1 Å². The number of halogens is 4. The number of phenolic OH excluding ortho intramolecular Hbond substituents is 1. The lowest BCUT2D eigenvalue weighted by molar-refractivity contribution is -0.137. The molecule has 0 heterocycles. The van der Waals surface area contributed by atoms with Crippen LogP contribution >= 0.6 is 23.8 Å². The molecule has 0 bridgehead atoms. The predicted molar refractivity (Wildman–Crippen MR) is 103 cm³/mol. The Morgan fingerprint density at radius 3 is 2.56 bits per heavy atom. The number of methoxy groups -OCH3 is 1. The fourth-order valence-corrected chi connectivity index (χ4v) is 2.39. The lowest BCUT2D eigenvalue weighted by Gasteiger charge is -2.13. The Hall–Kier alpha value is -2.52. The Labute approximate surface area is 163 Å². The highest BCUT2D eigenvalue weighted by molar-refractivity contribution is 7.80. The highest BCUT2D eigenvalue weighted by atomic mass is 35.5. The molecule has 0 fully saturated rings. The quantitative estimate of drug-likeness (QED) is 0.379. The summed E-state index contributed by atoms with van der Waals surface area (Å²) in [6.07, 6.45) is -4.51. The molecule has 0 unspecified atom stereocenters. The summed E-state index contributed by atoms with van der Waals surface area (Å²) in [6, 6.07) is 7.46. The number of anilines is 1. The van der Waals surface area contributed by atoms with Gasteiger partial charge in [-0.1, -0.05) is 11.6 Å². The van der Waals surface area contributed by atoms with E-state index in [2.05, 4.69) is 15.8 Å². The first-order valence-electron chi connectivity index (χ1n) is 7.47. The summed E-state index contributed by atoms with van der Waals surface area (Å²) in [5, 5.41) is 16.5. The zero-order chi connectivity index (χ0) is 20.2. The molecule has 3 N–H and O–H groups in total. The minimum Gasteiger partial charge on any atom is -0.507 e. The first-order chi connectivity index (χ1) is 12.6. The Balaban J connectivity index is 2.13. The van der Waals surface area contributed by atoms with E-state index in [4.69, 9.17) is 28.6 Å². The van der Waals surface area contributed by atoms with Crippen molar-refractivity contribution in [2.24, 2.45) is 5.10 Å². The van der Waals surface area contributed by atoms with Crippen LogP contribution in [0.4, 0.5) is 18.9 Å². The van der Waals surface area contributed by atoms with Gasteiger partial charge in [-0.3, -0.25) is 5.43 Å². The van der Waals surface area contributed by atoms with E-state index in [9.17, 15) is 18.3 Å². The summed E-state index contributed by atoms with van der Waals surface area (Å²) in [5.74, 6) is 0.507. The van der Waals surface area contributed by atoms with Gasteiger partial charge < -0.3 is 15.2 Å². The summed E-state index contributed by atoms with van der Waals surface area (Å²) in [6.45, 7) is 1.61. The Bertz CT molecular complexity index is 888. The number of alkyl halides is 3. The van der Waals surface area contributed by atoms with Crippen molar-refractivity contribution in [3.63, 3.8) is 0 Å². The maximum absolute atomic E-state index is 12.8. The molecule has 0 amide bonds. The maximum atomic E-state index is 12.8. The summed E-state index contributed by atoms with van der Waals surface area (Å²) in [4.78, 5) is 0. The molecule has 0 saturated carbocycles. The molecular formula is C17H15ClF3N3O2S. The molecule has 0 aliphatic carbocycles. The molecule has 5 nitrogen and oxygen atoms in total. The molecule has 0 saturated heterocycles. The second-order valence-corrected chi connectivity index (χ2v) is 6.15. The fraction of sp³-hybridized carbons (Fsp3) is 0.176. The molecule has 0 aliphatic rings. The number of hydrogen-bond acceptors (Lipinski definition) is 4. The number of aromatic hydroxyl groups is 1. The van der Waals surface area contributed by atoms with Crippen molar-refractivity contribution >= 4 is 40.3 Å². The minimum absolute atomic E-state index is 0.0129. The topological polar surface area (TPSA) is 65.9 Å². The lowest BCUT2D eigenvalue weighted by Crippen LogP contribution is -2.25. The second-order valence-electron chi connectivity index (χ2n) is 5.34. The predicted octanol–water partition coefficient (Wildman–Crippen LogP) is 4.78. The van der Waals surface area contributed by atoms with Gasteiger partial charge in [0, 0.05) is 5.56 Å². The number of thiocarbonyl (C=S) groups is 1. The second kappa shape index (κ2) is 8.45. The maximum Gasteiger partial charge on any atom is 0.416 e. The van der Waals surface area contributed by atoms with Crippen LogP contribution in [0.1, 0.15) is 18.1 Å². The first kappa shape index (κ1) is 20.8. The van der Waals surface area contributed by atoms with Crippen molar-refractivity contribution in [3.05, 3.63) is 52.5 Å².